The Morgan fingerprint density at radius 2 is 2.20 bits per heavy atom. The largest absolute Gasteiger partial charge is 0.394 e. The molecule has 10 nitrogen and oxygen atoms in total. The van der Waals surface area contributed by atoms with Gasteiger partial charge in [-0.2, -0.15) is 4.98 Å². The first-order chi connectivity index (χ1) is 9.52. The summed E-state index contributed by atoms with van der Waals surface area (Å²) in [5.74, 6) is -0.101. The number of imidazole rings is 1. The van der Waals surface area contributed by atoms with Gasteiger partial charge in [0, 0.05) is 0 Å². The fourth-order valence-electron chi connectivity index (χ4n) is 2.24. The van der Waals surface area contributed by atoms with Crippen molar-refractivity contribution in [2.75, 3.05) is 12.3 Å². The van der Waals surface area contributed by atoms with Crippen molar-refractivity contribution in [3.63, 3.8) is 0 Å². The highest BCUT2D eigenvalue weighted by molar-refractivity contribution is 5.70. The molecule has 0 radical (unpaired) electrons. The Morgan fingerprint density at radius 3 is 2.85 bits per heavy atom. The van der Waals surface area contributed by atoms with Crippen molar-refractivity contribution in [3.8, 4) is 0 Å². The molecule has 2 aromatic rings. The molecule has 108 valence electrons. The number of fused-ring (bicyclic) bond motifs is 1. The molecule has 0 amide bonds. The lowest BCUT2D eigenvalue weighted by Gasteiger charge is -2.16. The Labute approximate surface area is 111 Å². The van der Waals surface area contributed by atoms with Crippen LogP contribution in [-0.2, 0) is 4.74 Å². The van der Waals surface area contributed by atoms with Crippen molar-refractivity contribution in [1.29, 1.82) is 0 Å². The normalized spacial score (nSPS) is 30.1. The van der Waals surface area contributed by atoms with E-state index in [4.69, 9.17) is 15.6 Å². The zero-order chi connectivity index (χ0) is 14.4. The molecule has 1 fully saturated rings. The number of aliphatic hydroxyl groups excluding tert-OH is 3. The van der Waals surface area contributed by atoms with Gasteiger partial charge < -0.3 is 25.8 Å². The highest BCUT2D eigenvalue weighted by Gasteiger charge is 2.44. The van der Waals surface area contributed by atoms with Crippen LogP contribution in [0.15, 0.2) is 11.1 Å². The number of nitrogen functional groups attached to an aromatic ring is 1. The van der Waals surface area contributed by atoms with Crippen LogP contribution in [0.4, 0.5) is 5.95 Å². The summed E-state index contributed by atoms with van der Waals surface area (Å²) in [6, 6.07) is 0. The lowest BCUT2D eigenvalue weighted by Crippen LogP contribution is -2.33. The van der Waals surface area contributed by atoms with Crippen molar-refractivity contribution in [1.82, 2.24) is 19.5 Å². The van der Waals surface area contributed by atoms with Crippen LogP contribution >= 0.6 is 0 Å². The van der Waals surface area contributed by atoms with Crippen LogP contribution in [0.5, 0.6) is 0 Å². The predicted octanol–water partition coefficient (Wildman–Crippen LogP) is -2.69. The third-order valence-corrected chi connectivity index (χ3v) is 3.24. The molecule has 0 aliphatic carbocycles. The number of aromatic nitrogens is 4. The lowest BCUT2D eigenvalue weighted by molar-refractivity contribution is -0.0511. The molecule has 1 aliphatic heterocycles. The van der Waals surface area contributed by atoms with E-state index in [0.29, 0.717) is 0 Å². The smallest absolute Gasteiger partial charge is 0.280 e. The molecule has 2 aromatic heterocycles. The Balaban J connectivity index is 2.09. The average molecular weight is 284 g/mol. The molecule has 1 saturated heterocycles. The van der Waals surface area contributed by atoms with Gasteiger partial charge in [-0.25, -0.2) is 4.98 Å². The molecule has 6 N–H and O–H groups in total. The van der Waals surface area contributed by atoms with Crippen LogP contribution in [0.2, 0.25) is 0 Å². The van der Waals surface area contributed by atoms with Crippen molar-refractivity contribution >= 4 is 17.1 Å². The summed E-state index contributed by atoms with van der Waals surface area (Å²) < 4.78 is 6.64. The van der Waals surface area contributed by atoms with E-state index in [1.54, 1.807) is 0 Å². The third-order valence-electron chi connectivity index (χ3n) is 3.24. The maximum atomic E-state index is 11.7. The summed E-state index contributed by atoms with van der Waals surface area (Å²) in [6.45, 7) is -0.447. The Kier molecular flexibility index (Phi) is 2.94. The summed E-state index contributed by atoms with van der Waals surface area (Å²) in [6.07, 6.45) is -3.21. The third kappa shape index (κ3) is 1.78. The number of ether oxygens (including phenoxy) is 1. The number of aliphatic hydroxyl groups is 3. The molecule has 1 aliphatic rings. The first-order valence-corrected chi connectivity index (χ1v) is 5.87. The maximum Gasteiger partial charge on any atom is 0.280 e. The molecule has 3 heterocycles. The van der Waals surface area contributed by atoms with E-state index in [0.717, 1.165) is 0 Å². The van der Waals surface area contributed by atoms with Gasteiger partial charge in [0.2, 0.25) is 5.95 Å². The molecular weight excluding hydrogens is 271 g/mol. The predicted molar refractivity (Wildman–Crippen MR) is 65.6 cm³/mol. The monoisotopic (exact) mass is 284 g/mol. The second kappa shape index (κ2) is 4.52. The van der Waals surface area contributed by atoms with E-state index in [1.807, 2.05) is 0 Å². The molecule has 4 atom stereocenters. The van der Waals surface area contributed by atoms with Crippen LogP contribution in [-0.4, -0.2) is 59.8 Å². The van der Waals surface area contributed by atoms with E-state index < -0.39 is 36.7 Å². The number of anilines is 1. The topological polar surface area (TPSA) is 160 Å². The summed E-state index contributed by atoms with van der Waals surface area (Å²) in [5, 5.41) is 28.7. The summed E-state index contributed by atoms with van der Waals surface area (Å²) in [7, 11) is 0. The van der Waals surface area contributed by atoms with Crippen molar-refractivity contribution < 1.29 is 20.1 Å². The number of nitrogens with two attached hydrogens (primary N) is 1. The first-order valence-electron chi connectivity index (χ1n) is 5.87. The highest BCUT2D eigenvalue weighted by Crippen LogP contribution is 2.30. The minimum atomic E-state index is -1.29. The van der Waals surface area contributed by atoms with Gasteiger partial charge in [-0.05, 0) is 0 Å². The van der Waals surface area contributed by atoms with E-state index >= 15 is 0 Å². The number of hydrogen-bond donors (Lipinski definition) is 5. The number of hydrogen-bond acceptors (Lipinski definition) is 8. The highest BCUT2D eigenvalue weighted by atomic mass is 16.6. The number of nitrogens with one attached hydrogen (secondary N) is 1. The molecule has 3 rings (SSSR count). The fourth-order valence-corrected chi connectivity index (χ4v) is 2.24. The quantitative estimate of drug-likeness (QED) is 0.398. The minimum absolute atomic E-state index is 0.0388. The summed E-state index contributed by atoms with van der Waals surface area (Å²) in [4.78, 5) is 21.8. The lowest BCUT2D eigenvalue weighted by atomic mass is 10.1. The van der Waals surface area contributed by atoms with Gasteiger partial charge in [0.25, 0.3) is 5.56 Å². The van der Waals surface area contributed by atoms with Crippen LogP contribution in [0, 0.1) is 0 Å². The van der Waals surface area contributed by atoms with Gasteiger partial charge in [0.1, 0.15) is 18.3 Å². The van der Waals surface area contributed by atoms with Crippen LogP contribution in [0.25, 0.3) is 11.2 Å². The van der Waals surface area contributed by atoms with Crippen LogP contribution < -0.4 is 11.3 Å². The average Bonchev–Trinajstić information content (AvgIpc) is 2.93. The van der Waals surface area contributed by atoms with Gasteiger partial charge in [-0.15, -0.1) is 0 Å². The van der Waals surface area contributed by atoms with Gasteiger partial charge in [0.05, 0.1) is 12.9 Å². The number of rotatable bonds is 2. The number of aromatic amines is 1. The zero-order valence-corrected chi connectivity index (χ0v) is 10.2. The zero-order valence-electron chi connectivity index (χ0n) is 10.2. The van der Waals surface area contributed by atoms with E-state index in [2.05, 4.69) is 15.0 Å². The summed E-state index contributed by atoms with van der Waals surface area (Å²) in [5.41, 5.74) is 5.12. The van der Waals surface area contributed by atoms with Gasteiger partial charge in [-0.3, -0.25) is 14.3 Å². The standard InChI is InChI=1S/C10H13N5O5/c11-10-13-7-4(8(19)14-10)12-2-15(7)9-6(18)5(17)3(1-16)20-9/h2-3,5-6,9,16-18H,1H2,(H3,11,13,14,19)/i13+1. The molecule has 10 heteroatoms. The number of H-pyrrole nitrogens is 1. The van der Waals surface area contributed by atoms with Crippen molar-refractivity contribution in [3.05, 3.63) is 16.7 Å². The maximum absolute atomic E-state index is 11.7. The molecule has 20 heavy (non-hydrogen) atoms. The van der Waals surface area contributed by atoms with Gasteiger partial charge >= 0.3 is 0 Å². The fraction of sp³-hybridized carbons (Fsp3) is 0.500. The second-order valence-corrected chi connectivity index (χ2v) is 4.50. The number of nitrogens with zero attached hydrogens (tertiary/aromatic N) is 3. The van der Waals surface area contributed by atoms with Crippen LogP contribution in [0.3, 0.4) is 0 Å². The van der Waals surface area contributed by atoms with E-state index in [-0.39, 0.29) is 17.1 Å². The Morgan fingerprint density at radius 1 is 1.45 bits per heavy atom. The molecule has 0 saturated carbocycles. The van der Waals surface area contributed by atoms with Crippen molar-refractivity contribution in [2.45, 2.75) is 24.5 Å². The minimum Gasteiger partial charge on any atom is -0.394 e. The summed E-state index contributed by atoms with van der Waals surface area (Å²) >= 11 is 0. The van der Waals surface area contributed by atoms with Crippen LogP contribution in [0.1, 0.15) is 6.23 Å². The second-order valence-electron chi connectivity index (χ2n) is 4.50. The van der Waals surface area contributed by atoms with E-state index in [9.17, 15) is 15.0 Å². The van der Waals surface area contributed by atoms with Crippen molar-refractivity contribution in [2.24, 2.45) is 0 Å². The molecule has 0 aromatic carbocycles. The SMILES string of the molecule is Nc1[nH]c(=O)c2ncn(C3OC(CO)C(O)C3O)c2[15n]1. The molecule has 0 spiro atoms. The molecule has 4 unspecified atom stereocenters. The Bertz CT molecular complexity index is 697. The van der Waals surface area contributed by atoms with Gasteiger partial charge in [0.15, 0.2) is 17.4 Å². The molecular formula is C10H13N5O5. The van der Waals surface area contributed by atoms with Gasteiger partial charge in [-0.1, -0.05) is 0 Å². The Hall–Kier alpha value is -2.01. The first kappa shape index (κ1) is 13.0. The van der Waals surface area contributed by atoms with E-state index in [1.165, 1.54) is 10.9 Å². The molecule has 0 bridgehead atoms.